The maximum atomic E-state index is 13.3. The molecule has 3 heterocycles. The van der Waals surface area contributed by atoms with Crippen LogP contribution in [0.15, 0.2) is 82.4 Å². The van der Waals surface area contributed by atoms with Crippen molar-refractivity contribution in [3.8, 4) is 5.75 Å². The van der Waals surface area contributed by atoms with Crippen LogP contribution in [0.4, 0.5) is 5.69 Å². The molecule has 3 aromatic rings. The lowest BCUT2D eigenvalue weighted by Gasteiger charge is -2.35. The van der Waals surface area contributed by atoms with Gasteiger partial charge in [0.1, 0.15) is 11.5 Å². The summed E-state index contributed by atoms with van der Waals surface area (Å²) in [5.74, 6) is 0.393. The van der Waals surface area contributed by atoms with Crippen LogP contribution >= 0.6 is 0 Å². The molecule has 0 spiro atoms. The summed E-state index contributed by atoms with van der Waals surface area (Å²) in [6.45, 7) is 6.42. The van der Waals surface area contributed by atoms with Gasteiger partial charge in [0.2, 0.25) is 5.91 Å². The lowest BCUT2D eigenvalue weighted by molar-refractivity contribution is -0.140. The normalized spacial score (nSPS) is 17.6. The van der Waals surface area contributed by atoms with Gasteiger partial charge in [-0.15, -0.1) is 0 Å². The Bertz CT molecular complexity index is 1420. The Morgan fingerprint density at radius 2 is 1.66 bits per heavy atom. The van der Waals surface area contributed by atoms with Crippen molar-refractivity contribution in [2.75, 3.05) is 44.8 Å². The Kier molecular flexibility index (Phi) is 8.42. The van der Waals surface area contributed by atoms with Crippen LogP contribution in [0.3, 0.4) is 0 Å². The zero-order chi connectivity index (χ0) is 28.9. The van der Waals surface area contributed by atoms with Crippen molar-refractivity contribution in [3.05, 3.63) is 95.1 Å². The van der Waals surface area contributed by atoms with Crippen LogP contribution in [0.2, 0.25) is 0 Å². The number of anilines is 1. The second-order valence-corrected chi connectivity index (χ2v) is 10.1. The van der Waals surface area contributed by atoms with Crippen LogP contribution < -0.4 is 9.64 Å². The molecule has 2 aromatic carbocycles. The molecule has 0 radical (unpaired) electrons. The van der Waals surface area contributed by atoms with Crippen molar-refractivity contribution in [3.63, 3.8) is 0 Å². The molecule has 1 fully saturated rings. The minimum atomic E-state index is -0.430. The Morgan fingerprint density at radius 1 is 0.951 bits per heavy atom. The van der Waals surface area contributed by atoms with Crippen molar-refractivity contribution in [1.29, 1.82) is 0 Å². The van der Waals surface area contributed by atoms with E-state index in [1.807, 2.05) is 54.6 Å². The Morgan fingerprint density at radius 3 is 2.32 bits per heavy atom. The fourth-order valence-electron chi connectivity index (χ4n) is 5.50. The molecule has 2 aliphatic heterocycles. The number of rotatable bonds is 8. The summed E-state index contributed by atoms with van der Waals surface area (Å²) < 4.78 is 16.5. The third-order valence-electron chi connectivity index (χ3n) is 7.71. The number of nitrogens with zero attached hydrogens (tertiary/aromatic N) is 3. The zero-order valence-corrected chi connectivity index (χ0v) is 23.7. The van der Waals surface area contributed by atoms with E-state index in [4.69, 9.17) is 13.9 Å². The van der Waals surface area contributed by atoms with Gasteiger partial charge in [0, 0.05) is 49.9 Å². The smallest absolute Gasteiger partial charge is 0.336 e. The second-order valence-electron chi connectivity index (χ2n) is 10.1. The largest absolute Gasteiger partial charge is 0.497 e. The number of esters is 1. The minimum absolute atomic E-state index is 0.119. The maximum Gasteiger partial charge on any atom is 0.336 e. The standard InChI is InChI=1S/C32H35N3O6/c1-4-40-32(38)30-22(2)35(29(36)20-27(30)23-8-6-5-7-9-23)21-26-14-15-28(41-26)31(37)34-18-16-33(17-19-34)24-10-12-25(39-3)13-11-24/h5-15,27H,4,16-21H2,1-3H3. The van der Waals surface area contributed by atoms with Crippen LogP contribution in [0.5, 0.6) is 5.75 Å². The highest BCUT2D eigenvalue weighted by atomic mass is 16.5. The summed E-state index contributed by atoms with van der Waals surface area (Å²) in [7, 11) is 1.64. The van der Waals surface area contributed by atoms with Crippen molar-refractivity contribution in [2.45, 2.75) is 32.7 Å². The maximum absolute atomic E-state index is 13.3. The number of carbonyl (C=O) groups excluding carboxylic acids is 3. The topological polar surface area (TPSA) is 92.5 Å². The molecule has 5 rings (SSSR count). The first-order valence-electron chi connectivity index (χ1n) is 13.9. The van der Waals surface area contributed by atoms with Crippen molar-refractivity contribution >= 4 is 23.5 Å². The van der Waals surface area contributed by atoms with E-state index >= 15 is 0 Å². The van der Waals surface area contributed by atoms with Crippen LogP contribution in [0.1, 0.15) is 48.1 Å². The molecule has 0 saturated carbocycles. The number of carbonyl (C=O) groups is 3. The molecule has 41 heavy (non-hydrogen) atoms. The lowest BCUT2D eigenvalue weighted by Crippen LogP contribution is -2.48. The van der Waals surface area contributed by atoms with E-state index < -0.39 is 5.97 Å². The molecule has 1 aromatic heterocycles. The van der Waals surface area contributed by atoms with Crippen molar-refractivity contribution in [1.82, 2.24) is 9.80 Å². The Hall–Kier alpha value is -4.53. The molecular formula is C32H35N3O6. The number of methoxy groups -OCH3 is 1. The van der Waals surface area contributed by atoms with Gasteiger partial charge in [-0.25, -0.2) is 4.79 Å². The average Bonchev–Trinajstić information content (AvgIpc) is 3.48. The van der Waals surface area contributed by atoms with E-state index in [9.17, 15) is 14.4 Å². The fourth-order valence-corrected chi connectivity index (χ4v) is 5.50. The summed E-state index contributed by atoms with van der Waals surface area (Å²) in [5.41, 5.74) is 2.98. The van der Waals surface area contributed by atoms with Crippen LogP contribution in [0, 0.1) is 0 Å². The van der Waals surface area contributed by atoms with Crippen LogP contribution in [-0.2, 0) is 20.9 Å². The monoisotopic (exact) mass is 557 g/mol. The second kappa shape index (κ2) is 12.3. The van der Waals surface area contributed by atoms with Crippen molar-refractivity contribution in [2.24, 2.45) is 0 Å². The number of amides is 2. The molecule has 0 N–H and O–H groups in total. The summed E-state index contributed by atoms with van der Waals surface area (Å²) >= 11 is 0. The summed E-state index contributed by atoms with van der Waals surface area (Å²) in [6.07, 6.45) is 0.139. The molecule has 2 aliphatic rings. The molecule has 9 heteroatoms. The van der Waals surface area contributed by atoms with Gasteiger partial charge < -0.3 is 28.6 Å². The van der Waals surface area contributed by atoms with Gasteiger partial charge in [-0.05, 0) is 55.8 Å². The number of ether oxygens (including phenoxy) is 2. The average molecular weight is 558 g/mol. The number of allylic oxidation sites excluding steroid dienone is 1. The predicted molar refractivity (Wildman–Crippen MR) is 154 cm³/mol. The highest BCUT2D eigenvalue weighted by molar-refractivity contribution is 5.96. The van der Waals surface area contributed by atoms with Gasteiger partial charge in [-0.2, -0.15) is 0 Å². The summed E-state index contributed by atoms with van der Waals surface area (Å²) in [4.78, 5) is 45.1. The van der Waals surface area contributed by atoms with Gasteiger partial charge >= 0.3 is 5.97 Å². The number of benzene rings is 2. The minimum Gasteiger partial charge on any atom is -0.497 e. The van der Waals surface area contributed by atoms with E-state index in [0.29, 0.717) is 43.2 Å². The zero-order valence-electron chi connectivity index (χ0n) is 23.7. The van der Waals surface area contributed by atoms with Gasteiger partial charge in [-0.3, -0.25) is 9.59 Å². The van der Waals surface area contributed by atoms with E-state index in [2.05, 4.69) is 4.90 Å². The molecule has 0 aliphatic carbocycles. The van der Waals surface area contributed by atoms with E-state index in [1.54, 1.807) is 42.9 Å². The van der Waals surface area contributed by atoms with Crippen molar-refractivity contribution < 1.29 is 28.3 Å². The van der Waals surface area contributed by atoms with Gasteiger partial charge in [0.15, 0.2) is 5.76 Å². The fraction of sp³-hybridized carbons (Fsp3) is 0.344. The molecule has 0 bridgehead atoms. The number of hydrogen-bond acceptors (Lipinski definition) is 7. The molecule has 1 unspecified atom stereocenters. The molecule has 1 atom stereocenters. The van der Waals surface area contributed by atoms with Crippen LogP contribution in [-0.4, -0.2) is 67.5 Å². The summed E-state index contributed by atoms with van der Waals surface area (Å²) in [5, 5.41) is 0. The molecule has 214 valence electrons. The van der Waals surface area contributed by atoms with Gasteiger partial charge in [0.25, 0.3) is 5.91 Å². The van der Waals surface area contributed by atoms with E-state index in [0.717, 1.165) is 17.0 Å². The van der Waals surface area contributed by atoms with E-state index in [-0.39, 0.29) is 43.1 Å². The van der Waals surface area contributed by atoms with E-state index in [1.165, 1.54) is 0 Å². The SMILES string of the molecule is CCOC(=O)C1=C(C)N(Cc2ccc(C(=O)N3CCN(c4ccc(OC)cc4)CC3)o2)C(=O)CC1c1ccccc1. The highest BCUT2D eigenvalue weighted by Gasteiger charge is 2.37. The van der Waals surface area contributed by atoms with Gasteiger partial charge in [0.05, 0.1) is 25.8 Å². The first-order chi connectivity index (χ1) is 19.9. The molecular weight excluding hydrogens is 522 g/mol. The first kappa shape index (κ1) is 28.0. The third kappa shape index (κ3) is 5.99. The predicted octanol–water partition coefficient (Wildman–Crippen LogP) is 4.60. The first-order valence-corrected chi connectivity index (χ1v) is 13.9. The number of hydrogen-bond donors (Lipinski definition) is 0. The highest BCUT2D eigenvalue weighted by Crippen LogP contribution is 2.37. The Labute approximate surface area is 239 Å². The number of furan rings is 1. The molecule has 9 nitrogen and oxygen atoms in total. The van der Waals surface area contributed by atoms with Crippen LogP contribution in [0.25, 0.3) is 0 Å². The third-order valence-corrected chi connectivity index (χ3v) is 7.71. The molecule has 2 amide bonds. The number of piperazine rings is 1. The lowest BCUT2D eigenvalue weighted by atomic mass is 9.83. The Balaban J connectivity index is 1.27. The van der Waals surface area contributed by atoms with Gasteiger partial charge in [-0.1, -0.05) is 30.3 Å². The molecule has 1 saturated heterocycles. The summed E-state index contributed by atoms with van der Waals surface area (Å²) in [6, 6.07) is 20.8. The quantitative estimate of drug-likeness (QED) is 0.374.